The van der Waals surface area contributed by atoms with E-state index in [9.17, 15) is 4.79 Å². The van der Waals surface area contributed by atoms with Crippen LogP contribution in [0.25, 0.3) is 11.2 Å². The van der Waals surface area contributed by atoms with Crippen molar-refractivity contribution >= 4 is 17.2 Å². The molecule has 0 radical (unpaired) electrons. The SMILES string of the molecule is O=C(NCCc1ccccc1)NCCc1nc2cccnc2n1Cc1ccccc1. The zero-order valence-corrected chi connectivity index (χ0v) is 16.8. The number of nitrogens with one attached hydrogen (secondary N) is 2. The van der Waals surface area contributed by atoms with E-state index >= 15 is 0 Å². The van der Waals surface area contributed by atoms with Gasteiger partial charge in [-0.3, -0.25) is 0 Å². The van der Waals surface area contributed by atoms with Crippen molar-refractivity contribution in [1.29, 1.82) is 0 Å². The molecule has 30 heavy (non-hydrogen) atoms. The fraction of sp³-hybridized carbons (Fsp3) is 0.208. The van der Waals surface area contributed by atoms with Gasteiger partial charge >= 0.3 is 6.03 Å². The zero-order valence-electron chi connectivity index (χ0n) is 16.8. The number of nitrogens with zero attached hydrogens (tertiary/aromatic N) is 3. The highest BCUT2D eigenvalue weighted by atomic mass is 16.2. The third-order valence-corrected chi connectivity index (χ3v) is 4.94. The summed E-state index contributed by atoms with van der Waals surface area (Å²) < 4.78 is 2.12. The molecular formula is C24H25N5O. The van der Waals surface area contributed by atoms with Crippen LogP contribution in [-0.4, -0.2) is 33.7 Å². The third kappa shape index (κ3) is 5.03. The van der Waals surface area contributed by atoms with Crippen molar-refractivity contribution in [2.75, 3.05) is 13.1 Å². The van der Waals surface area contributed by atoms with Crippen LogP contribution in [0, 0.1) is 0 Å². The van der Waals surface area contributed by atoms with Gasteiger partial charge in [-0.1, -0.05) is 60.7 Å². The molecule has 0 saturated heterocycles. The Bertz CT molecular complexity index is 1090. The summed E-state index contributed by atoms with van der Waals surface area (Å²) in [5.41, 5.74) is 4.13. The summed E-state index contributed by atoms with van der Waals surface area (Å²) in [6.07, 6.45) is 3.23. The third-order valence-electron chi connectivity index (χ3n) is 4.94. The molecular weight excluding hydrogens is 374 g/mol. The fourth-order valence-corrected chi connectivity index (χ4v) is 3.44. The van der Waals surface area contributed by atoms with Gasteiger partial charge < -0.3 is 15.2 Å². The Labute approximate surface area is 176 Å². The Hall–Kier alpha value is -3.67. The molecule has 0 saturated carbocycles. The van der Waals surface area contributed by atoms with Crippen LogP contribution < -0.4 is 10.6 Å². The van der Waals surface area contributed by atoms with E-state index in [-0.39, 0.29) is 6.03 Å². The Kier molecular flexibility index (Phi) is 6.35. The van der Waals surface area contributed by atoms with Gasteiger partial charge in [-0.15, -0.1) is 0 Å². The molecule has 0 unspecified atom stereocenters. The maximum absolute atomic E-state index is 12.1. The van der Waals surface area contributed by atoms with Gasteiger partial charge in [-0.05, 0) is 29.7 Å². The van der Waals surface area contributed by atoms with Gasteiger partial charge in [0.25, 0.3) is 0 Å². The van der Waals surface area contributed by atoms with Gasteiger partial charge in [0.15, 0.2) is 5.65 Å². The summed E-state index contributed by atoms with van der Waals surface area (Å²) in [6.45, 7) is 1.81. The summed E-state index contributed by atoms with van der Waals surface area (Å²) >= 11 is 0. The van der Waals surface area contributed by atoms with E-state index in [2.05, 4.69) is 44.5 Å². The molecule has 2 amide bonds. The lowest BCUT2D eigenvalue weighted by Gasteiger charge is -2.10. The molecule has 0 fully saturated rings. The van der Waals surface area contributed by atoms with Crippen molar-refractivity contribution in [3.63, 3.8) is 0 Å². The second-order valence-electron chi connectivity index (χ2n) is 7.11. The topological polar surface area (TPSA) is 71.8 Å². The van der Waals surface area contributed by atoms with E-state index in [1.165, 1.54) is 11.1 Å². The second-order valence-corrected chi connectivity index (χ2v) is 7.11. The highest BCUT2D eigenvalue weighted by Crippen LogP contribution is 2.16. The van der Waals surface area contributed by atoms with E-state index in [4.69, 9.17) is 4.98 Å². The number of fused-ring (bicyclic) bond motifs is 1. The van der Waals surface area contributed by atoms with Gasteiger partial charge in [0, 0.05) is 25.7 Å². The predicted octanol–water partition coefficient (Wildman–Crippen LogP) is 3.56. The monoisotopic (exact) mass is 399 g/mol. The summed E-state index contributed by atoms with van der Waals surface area (Å²) in [4.78, 5) is 21.4. The van der Waals surface area contributed by atoms with Gasteiger partial charge in [0.2, 0.25) is 0 Å². The van der Waals surface area contributed by atoms with Crippen LogP contribution in [0.1, 0.15) is 17.0 Å². The van der Waals surface area contributed by atoms with Gasteiger partial charge in [0.1, 0.15) is 11.3 Å². The van der Waals surface area contributed by atoms with E-state index in [0.29, 0.717) is 26.1 Å². The Morgan fingerprint density at radius 3 is 2.20 bits per heavy atom. The molecule has 0 atom stereocenters. The molecule has 2 aromatic heterocycles. The molecule has 0 spiro atoms. The lowest BCUT2D eigenvalue weighted by molar-refractivity contribution is 0.241. The van der Waals surface area contributed by atoms with Crippen LogP contribution in [0.15, 0.2) is 79.0 Å². The molecule has 0 aliphatic heterocycles. The van der Waals surface area contributed by atoms with E-state index in [1.807, 2.05) is 48.5 Å². The van der Waals surface area contributed by atoms with Gasteiger partial charge in [0.05, 0.1) is 6.54 Å². The molecule has 6 nitrogen and oxygen atoms in total. The quantitative estimate of drug-likeness (QED) is 0.476. The van der Waals surface area contributed by atoms with Crippen LogP contribution >= 0.6 is 0 Å². The molecule has 0 aliphatic carbocycles. The first-order chi connectivity index (χ1) is 14.8. The van der Waals surface area contributed by atoms with Crippen molar-refractivity contribution in [2.24, 2.45) is 0 Å². The number of carbonyl (C=O) groups is 1. The van der Waals surface area contributed by atoms with Crippen LogP contribution in [0.4, 0.5) is 4.79 Å². The molecule has 2 heterocycles. The van der Waals surface area contributed by atoms with Crippen LogP contribution in [0.3, 0.4) is 0 Å². The lowest BCUT2D eigenvalue weighted by Crippen LogP contribution is -2.37. The van der Waals surface area contributed by atoms with Gasteiger partial charge in [-0.2, -0.15) is 0 Å². The number of amides is 2. The minimum Gasteiger partial charge on any atom is -0.338 e. The largest absolute Gasteiger partial charge is 0.338 e. The summed E-state index contributed by atoms with van der Waals surface area (Å²) in [6, 6.07) is 24.1. The Morgan fingerprint density at radius 2 is 1.47 bits per heavy atom. The molecule has 4 rings (SSSR count). The van der Waals surface area contributed by atoms with Gasteiger partial charge in [-0.25, -0.2) is 14.8 Å². The van der Waals surface area contributed by atoms with E-state index < -0.39 is 0 Å². The molecule has 0 aliphatic rings. The maximum atomic E-state index is 12.1. The number of benzene rings is 2. The number of rotatable bonds is 8. The molecule has 6 heteroatoms. The van der Waals surface area contributed by atoms with Crippen molar-refractivity contribution in [3.05, 3.63) is 95.9 Å². The van der Waals surface area contributed by atoms with Crippen LogP contribution in [-0.2, 0) is 19.4 Å². The average Bonchev–Trinajstić information content (AvgIpc) is 3.12. The summed E-state index contributed by atoms with van der Waals surface area (Å²) in [5, 5.41) is 5.84. The van der Waals surface area contributed by atoms with Crippen LogP contribution in [0.2, 0.25) is 0 Å². The van der Waals surface area contributed by atoms with E-state index in [1.54, 1.807) is 6.20 Å². The predicted molar refractivity (Wildman–Crippen MR) is 118 cm³/mol. The second kappa shape index (κ2) is 9.69. The summed E-state index contributed by atoms with van der Waals surface area (Å²) in [7, 11) is 0. The lowest BCUT2D eigenvalue weighted by atomic mass is 10.1. The first-order valence-corrected chi connectivity index (χ1v) is 10.2. The highest BCUT2D eigenvalue weighted by Gasteiger charge is 2.12. The first-order valence-electron chi connectivity index (χ1n) is 10.2. The molecule has 2 N–H and O–H groups in total. The number of hydrogen-bond donors (Lipinski definition) is 2. The van der Waals surface area contributed by atoms with Crippen molar-refractivity contribution in [3.8, 4) is 0 Å². The van der Waals surface area contributed by atoms with Crippen molar-refractivity contribution in [1.82, 2.24) is 25.2 Å². The van der Waals surface area contributed by atoms with Crippen molar-refractivity contribution in [2.45, 2.75) is 19.4 Å². The number of urea groups is 1. The average molecular weight is 399 g/mol. The molecule has 2 aromatic carbocycles. The minimum absolute atomic E-state index is 0.158. The Morgan fingerprint density at radius 1 is 0.800 bits per heavy atom. The normalized spacial score (nSPS) is 10.8. The van der Waals surface area contributed by atoms with E-state index in [0.717, 1.165) is 23.4 Å². The standard InChI is InChI=1S/C24H25N5O/c30-24(26-16-13-19-8-3-1-4-9-19)27-17-14-22-28-21-12-7-15-25-23(21)29(22)18-20-10-5-2-6-11-20/h1-12,15H,13-14,16-18H2,(H2,26,27,30). The number of carbonyl (C=O) groups excluding carboxylic acids is 1. The van der Waals surface area contributed by atoms with Crippen LogP contribution in [0.5, 0.6) is 0 Å². The first kappa shape index (κ1) is 19.6. The molecule has 0 bridgehead atoms. The maximum Gasteiger partial charge on any atom is 0.314 e. The minimum atomic E-state index is -0.158. The Balaban J connectivity index is 1.34. The summed E-state index contributed by atoms with van der Waals surface area (Å²) in [5.74, 6) is 0.914. The number of aromatic nitrogens is 3. The fourth-order valence-electron chi connectivity index (χ4n) is 3.44. The number of imidazole rings is 1. The highest BCUT2D eigenvalue weighted by molar-refractivity contribution is 5.74. The smallest absolute Gasteiger partial charge is 0.314 e. The zero-order chi connectivity index (χ0) is 20.6. The van der Waals surface area contributed by atoms with Crippen molar-refractivity contribution < 1.29 is 4.79 Å². The number of pyridine rings is 1. The molecule has 4 aromatic rings. The number of hydrogen-bond acceptors (Lipinski definition) is 3. The molecule has 152 valence electrons.